The summed E-state index contributed by atoms with van der Waals surface area (Å²) in [7, 11) is 0. The van der Waals surface area contributed by atoms with Crippen molar-refractivity contribution >= 4 is 15.9 Å². The standard InChI is InChI=1S/C11H8BrF3N2/c12-5-7-6-16-17(10(7)11(14)15)9-3-1-2-8(13)4-9/h1-4,6,11H,5H2. The number of rotatable bonds is 3. The van der Waals surface area contributed by atoms with E-state index in [1.54, 1.807) is 0 Å². The van der Waals surface area contributed by atoms with Crippen LogP contribution in [0.15, 0.2) is 30.5 Å². The fraction of sp³-hybridized carbons (Fsp3) is 0.182. The van der Waals surface area contributed by atoms with E-state index in [2.05, 4.69) is 21.0 Å². The fourth-order valence-corrected chi connectivity index (χ4v) is 1.97. The molecule has 2 rings (SSSR count). The lowest BCUT2D eigenvalue weighted by Crippen LogP contribution is -2.04. The third-order valence-corrected chi connectivity index (χ3v) is 2.89. The van der Waals surface area contributed by atoms with Gasteiger partial charge in [0, 0.05) is 10.9 Å². The first-order valence-electron chi connectivity index (χ1n) is 4.80. The molecule has 0 saturated carbocycles. The molecule has 1 aromatic heterocycles. The number of alkyl halides is 3. The van der Waals surface area contributed by atoms with Gasteiger partial charge in [-0.2, -0.15) is 5.10 Å². The van der Waals surface area contributed by atoms with E-state index in [0.29, 0.717) is 5.56 Å². The van der Waals surface area contributed by atoms with E-state index < -0.39 is 12.2 Å². The van der Waals surface area contributed by atoms with Gasteiger partial charge in [0.15, 0.2) is 0 Å². The van der Waals surface area contributed by atoms with Crippen molar-refractivity contribution < 1.29 is 13.2 Å². The molecule has 2 aromatic rings. The van der Waals surface area contributed by atoms with Crippen LogP contribution in [-0.2, 0) is 5.33 Å². The molecule has 1 aromatic carbocycles. The Balaban J connectivity index is 2.56. The molecule has 0 bridgehead atoms. The quantitative estimate of drug-likeness (QED) is 0.788. The molecule has 0 aliphatic rings. The monoisotopic (exact) mass is 304 g/mol. The molecule has 0 aliphatic carbocycles. The van der Waals surface area contributed by atoms with Crippen LogP contribution < -0.4 is 0 Å². The summed E-state index contributed by atoms with van der Waals surface area (Å²) in [5.74, 6) is -0.487. The van der Waals surface area contributed by atoms with Crippen molar-refractivity contribution in [3.05, 3.63) is 47.5 Å². The van der Waals surface area contributed by atoms with Crippen LogP contribution in [0.25, 0.3) is 5.69 Å². The molecule has 0 N–H and O–H groups in total. The molecular formula is C11H8BrF3N2. The van der Waals surface area contributed by atoms with E-state index in [9.17, 15) is 13.2 Å². The Labute approximate surface area is 104 Å². The van der Waals surface area contributed by atoms with Gasteiger partial charge in [-0.3, -0.25) is 0 Å². The number of nitrogens with zero attached hydrogens (tertiary/aromatic N) is 2. The summed E-state index contributed by atoms with van der Waals surface area (Å²) in [4.78, 5) is 0. The second kappa shape index (κ2) is 4.91. The molecule has 0 atom stereocenters. The molecule has 0 aliphatic heterocycles. The fourth-order valence-electron chi connectivity index (χ4n) is 1.54. The van der Waals surface area contributed by atoms with Gasteiger partial charge < -0.3 is 0 Å². The molecule has 0 saturated heterocycles. The molecule has 0 unspecified atom stereocenters. The van der Waals surface area contributed by atoms with Crippen molar-refractivity contribution in [1.82, 2.24) is 9.78 Å². The first-order valence-corrected chi connectivity index (χ1v) is 5.92. The second-order valence-corrected chi connectivity index (χ2v) is 3.94. The molecule has 90 valence electrons. The minimum atomic E-state index is -2.66. The average molecular weight is 305 g/mol. The van der Waals surface area contributed by atoms with E-state index in [4.69, 9.17) is 0 Å². The summed E-state index contributed by atoms with van der Waals surface area (Å²) >= 11 is 3.12. The van der Waals surface area contributed by atoms with Crippen molar-refractivity contribution in [2.24, 2.45) is 0 Å². The van der Waals surface area contributed by atoms with Gasteiger partial charge >= 0.3 is 0 Å². The van der Waals surface area contributed by atoms with Crippen LogP contribution in [-0.4, -0.2) is 9.78 Å². The summed E-state index contributed by atoms with van der Waals surface area (Å²) in [6.07, 6.45) is -1.31. The number of benzene rings is 1. The van der Waals surface area contributed by atoms with E-state index >= 15 is 0 Å². The van der Waals surface area contributed by atoms with Gasteiger partial charge in [-0.05, 0) is 18.2 Å². The van der Waals surface area contributed by atoms with Crippen molar-refractivity contribution in [2.75, 3.05) is 0 Å². The minimum Gasteiger partial charge on any atom is -0.232 e. The third kappa shape index (κ3) is 2.36. The normalized spacial score (nSPS) is 11.1. The van der Waals surface area contributed by atoms with Gasteiger partial charge in [0.05, 0.1) is 11.9 Å². The van der Waals surface area contributed by atoms with Gasteiger partial charge in [-0.1, -0.05) is 22.0 Å². The third-order valence-electron chi connectivity index (χ3n) is 2.29. The lowest BCUT2D eigenvalue weighted by molar-refractivity contribution is 0.142. The highest BCUT2D eigenvalue weighted by molar-refractivity contribution is 9.08. The van der Waals surface area contributed by atoms with Gasteiger partial charge in [0.25, 0.3) is 6.43 Å². The van der Waals surface area contributed by atoms with Crippen LogP contribution in [0, 0.1) is 5.82 Å². The Morgan fingerprint density at radius 3 is 2.71 bits per heavy atom. The van der Waals surface area contributed by atoms with Crippen LogP contribution in [0.1, 0.15) is 17.7 Å². The number of halogens is 4. The van der Waals surface area contributed by atoms with Gasteiger partial charge in [0.1, 0.15) is 11.5 Å². The Kier molecular flexibility index (Phi) is 3.51. The second-order valence-electron chi connectivity index (χ2n) is 3.38. The predicted molar refractivity (Wildman–Crippen MR) is 61.1 cm³/mol. The summed E-state index contributed by atoms with van der Waals surface area (Å²) in [5, 5.41) is 4.14. The number of hydrogen-bond acceptors (Lipinski definition) is 1. The zero-order valence-electron chi connectivity index (χ0n) is 8.58. The van der Waals surface area contributed by atoms with E-state index in [0.717, 1.165) is 10.7 Å². The van der Waals surface area contributed by atoms with Crippen molar-refractivity contribution in [1.29, 1.82) is 0 Å². The van der Waals surface area contributed by atoms with E-state index in [1.165, 1.54) is 24.4 Å². The molecule has 1 heterocycles. The van der Waals surface area contributed by atoms with Crippen molar-refractivity contribution in [2.45, 2.75) is 11.8 Å². The molecular weight excluding hydrogens is 297 g/mol. The molecule has 0 amide bonds. The highest BCUT2D eigenvalue weighted by Gasteiger charge is 2.20. The van der Waals surface area contributed by atoms with Crippen LogP contribution >= 0.6 is 15.9 Å². The zero-order chi connectivity index (χ0) is 12.4. The highest BCUT2D eigenvalue weighted by atomic mass is 79.9. The first-order chi connectivity index (χ1) is 8.13. The Bertz CT molecular complexity index is 525. The maximum absolute atomic E-state index is 13.0. The maximum atomic E-state index is 13.0. The molecule has 2 nitrogen and oxygen atoms in total. The van der Waals surface area contributed by atoms with E-state index in [1.807, 2.05) is 0 Å². The summed E-state index contributed by atoms with van der Waals surface area (Å²) < 4.78 is 39.9. The Morgan fingerprint density at radius 2 is 2.12 bits per heavy atom. The first kappa shape index (κ1) is 12.2. The molecule has 17 heavy (non-hydrogen) atoms. The van der Waals surface area contributed by atoms with Gasteiger partial charge in [-0.15, -0.1) is 0 Å². The largest absolute Gasteiger partial charge is 0.280 e. The maximum Gasteiger partial charge on any atom is 0.280 e. The van der Waals surface area contributed by atoms with Crippen molar-refractivity contribution in [3.63, 3.8) is 0 Å². The van der Waals surface area contributed by atoms with Crippen LogP contribution in [0.4, 0.5) is 13.2 Å². The molecule has 0 radical (unpaired) electrons. The SMILES string of the molecule is Fc1cccc(-n2ncc(CBr)c2C(F)F)c1. The highest BCUT2D eigenvalue weighted by Crippen LogP contribution is 2.27. The summed E-state index contributed by atoms with van der Waals surface area (Å²) in [6.45, 7) is 0. The van der Waals surface area contributed by atoms with E-state index in [-0.39, 0.29) is 16.7 Å². The Morgan fingerprint density at radius 1 is 1.35 bits per heavy atom. The summed E-state index contributed by atoms with van der Waals surface area (Å²) in [6, 6.07) is 5.40. The molecule has 0 spiro atoms. The topological polar surface area (TPSA) is 17.8 Å². The number of hydrogen-bond donors (Lipinski definition) is 0. The smallest absolute Gasteiger partial charge is 0.232 e. The molecule has 0 fully saturated rings. The zero-order valence-corrected chi connectivity index (χ0v) is 10.2. The van der Waals surface area contributed by atoms with Gasteiger partial charge in [0.2, 0.25) is 0 Å². The van der Waals surface area contributed by atoms with Gasteiger partial charge in [-0.25, -0.2) is 17.9 Å². The molecule has 6 heteroatoms. The van der Waals surface area contributed by atoms with Crippen molar-refractivity contribution in [3.8, 4) is 5.69 Å². The predicted octanol–water partition coefficient (Wildman–Crippen LogP) is 3.84. The number of aromatic nitrogens is 2. The lowest BCUT2D eigenvalue weighted by Gasteiger charge is -2.08. The lowest BCUT2D eigenvalue weighted by atomic mass is 10.2. The van der Waals surface area contributed by atoms with Crippen LogP contribution in [0.2, 0.25) is 0 Å². The van der Waals surface area contributed by atoms with Crippen LogP contribution in [0.3, 0.4) is 0 Å². The minimum absolute atomic E-state index is 0.215. The Hall–Kier alpha value is -1.30. The average Bonchev–Trinajstić information content (AvgIpc) is 2.72. The summed E-state index contributed by atoms with van der Waals surface area (Å²) in [5.41, 5.74) is 0.462. The van der Waals surface area contributed by atoms with Crippen LogP contribution in [0.5, 0.6) is 0 Å².